The Bertz CT molecular complexity index is 1250. The first-order valence-electron chi connectivity index (χ1n) is 10.1. The lowest BCUT2D eigenvalue weighted by Gasteiger charge is -2.15. The van der Waals surface area contributed by atoms with Crippen molar-refractivity contribution in [3.8, 4) is 17.1 Å². The predicted octanol–water partition coefficient (Wildman–Crippen LogP) is 3.23. The van der Waals surface area contributed by atoms with E-state index in [4.69, 9.17) is 4.74 Å². The van der Waals surface area contributed by atoms with Crippen LogP contribution in [0.5, 0.6) is 5.75 Å². The van der Waals surface area contributed by atoms with Gasteiger partial charge in [0.2, 0.25) is 5.95 Å². The van der Waals surface area contributed by atoms with E-state index >= 15 is 0 Å². The first-order valence-corrected chi connectivity index (χ1v) is 10.1. The highest BCUT2D eigenvalue weighted by molar-refractivity contribution is 5.94. The van der Waals surface area contributed by atoms with Crippen molar-refractivity contribution < 1.29 is 14.6 Å². The maximum atomic E-state index is 11.7. The molecule has 0 bridgehead atoms. The highest BCUT2D eigenvalue weighted by Crippen LogP contribution is 2.36. The van der Waals surface area contributed by atoms with E-state index in [9.17, 15) is 9.90 Å². The highest BCUT2D eigenvalue weighted by atomic mass is 16.5. The Morgan fingerprint density at radius 1 is 1.06 bits per heavy atom. The van der Waals surface area contributed by atoms with Crippen LogP contribution in [0.4, 0.5) is 23.3 Å². The zero-order valence-electron chi connectivity index (χ0n) is 18.9. The maximum Gasteiger partial charge on any atom is 0.341 e. The van der Waals surface area contributed by atoms with E-state index in [1.54, 1.807) is 54.2 Å². The van der Waals surface area contributed by atoms with Gasteiger partial charge in [0.1, 0.15) is 11.9 Å². The molecule has 1 aromatic carbocycles. The minimum Gasteiger partial charge on any atom is -0.494 e. The molecule has 3 heterocycles. The third-order valence-corrected chi connectivity index (χ3v) is 4.29. The van der Waals surface area contributed by atoms with Gasteiger partial charge in [-0.1, -0.05) is 19.9 Å². The summed E-state index contributed by atoms with van der Waals surface area (Å²) in [6.45, 7) is 4.00. The summed E-state index contributed by atoms with van der Waals surface area (Å²) in [6.07, 6.45) is 4.56. The van der Waals surface area contributed by atoms with Crippen LogP contribution in [0.3, 0.4) is 0 Å². The molecule has 4 rings (SSSR count). The number of aromatic nitrogens is 7. The maximum absolute atomic E-state index is 11.7. The lowest BCUT2D eigenvalue weighted by Crippen LogP contribution is -2.09. The number of ether oxygens (including phenoxy) is 1. The second-order valence-corrected chi connectivity index (χ2v) is 6.51. The SMILES string of the molecule is CC.COc1c(Nc2nc(Nc3ccn(C)n3)ncc2C(=O)O)cccc1-c1ncn(C)n1. The Kier molecular flexibility index (Phi) is 7.18. The number of methoxy groups -OCH3 is 1. The van der Waals surface area contributed by atoms with Gasteiger partial charge in [-0.3, -0.25) is 9.36 Å². The van der Waals surface area contributed by atoms with E-state index in [-0.39, 0.29) is 17.3 Å². The van der Waals surface area contributed by atoms with Gasteiger partial charge in [-0.15, -0.1) is 0 Å². The molecule has 0 radical (unpaired) electrons. The van der Waals surface area contributed by atoms with Gasteiger partial charge < -0.3 is 20.5 Å². The molecule has 0 unspecified atom stereocenters. The molecule has 172 valence electrons. The third-order valence-electron chi connectivity index (χ3n) is 4.29. The summed E-state index contributed by atoms with van der Waals surface area (Å²) in [4.78, 5) is 24.4. The topological polar surface area (TPSA) is 145 Å². The quantitative estimate of drug-likeness (QED) is 0.383. The van der Waals surface area contributed by atoms with Gasteiger partial charge in [0.05, 0.1) is 18.4 Å². The van der Waals surface area contributed by atoms with Crippen LogP contribution < -0.4 is 15.4 Å². The summed E-state index contributed by atoms with van der Waals surface area (Å²) in [5, 5.41) is 24.1. The number of hydrogen-bond acceptors (Lipinski definition) is 9. The average molecular weight is 451 g/mol. The van der Waals surface area contributed by atoms with E-state index < -0.39 is 5.97 Å². The zero-order chi connectivity index (χ0) is 24.0. The predicted molar refractivity (Wildman–Crippen MR) is 123 cm³/mol. The minimum atomic E-state index is -1.17. The lowest BCUT2D eigenvalue weighted by molar-refractivity contribution is 0.0697. The number of nitrogens with one attached hydrogen (secondary N) is 2. The van der Waals surface area contributed by atoms with Crippen molar-refractivity contribution in [2.45, 2.75) is 13.8 Å². The fourth-order valence-corrected chi connectivity index (χ4v) is 2.91. The van der Waals surface area contributed by atoms with Crippen LogP contribution in [0.1, 0.15) is 24.2 Å². The monoisotopic (exact) mass is 451 g/mol. The molecule has 4 aromatic rings. The molecular weight excluding hydrogens is 426 g/mol. The van der Waals surface area contributed by atoms with Crippen LogP contribution in [0, 0.1) is 0 Å². The molecule has 3 aromatic heterocycles. The second kappa shape index (κ2) is 10.2. The molecule has 0 aliphatic rings. The first-order chi connectivity index (χ1) is 15.9. The molecule has 0 amide bonds. The standard InChI is InChI=1S/C19H19N9O3.C2H6/c1-27-8-7-14(25-27)23-19-20-9-12(18(29)30)17(24-19)22-13-6-4-5-11(15(13)31-3)16-21-10-28(2)26-16;1-2/h4-10H,1-3H3,(H,29,30)(H2,20,22,23,24,25);1-2H3. The molecule has 0 fully saturated rings. The molecule has 0 aliphatic heterocycles. The Morgan fingerprint density at radius 2 is 1.85 bits per heavy atom. The molecule has 0 saturated carbocycles. The zero-order valence-corrected chi connectivity index (χ0v) is 18.9. The summed E-state index contributed by atoms with van der Waals surface area (Å²) in [6, 6.07) is 7.08. The van der Waals surface area contributed by atoms with Gasteiger partial charge in [0.25, 0.3) is 0 Å². The van der Waals surface area contributed by atoms with Crippen molar-refractivity contribution in [1.82, 2.24) is 34.5 Å². The van der Waals surface area contributed by atoms with E-state index in [1.165, 1.54) is 13.3 Å². The number of benzene rings is 1. The fraction of sp³-hybridized carbons (Fsp3) is 0.238. The fourth-order valence-electron chi connectivity index (χ4n) is 2.91. The van der Waals surface area contributed by atoms with Gasteiger partial charge in [0.15, 0.2) is 23.2 Å². The Balaban J connectivity index is 0.00000149. The molecule has 0 aliphatic carbocycles. The first kappa shape index (κ1) is 23.2. The minimum absolute atomic E-state index is 0.0883. The van der Waals surface area contributed by atoms with Crippen LogP contribution in [0.2, 0.25) is 0 Å². The number of carboxylic acid groups (broad SMARTS) is 1. The Labute approximate surface area is 190 Å². The second-order valence-electron chi connectivity index (χ2n) is 6.51. The number of nitrogens with zero attached hydrogens (tertiary/aromatic N) is 7. The number of carbonyl (C=O) groups is 1. The number of para-hydroxylation sites is 1. The average Bonchev–Trinajstić information content (AvgIpc) is 3.42. The van der Waals surface area contributed by atoms with Gasteiger partial charge >= 0.3 is 5.97 Å². The van der Waals surface area contributed by atoms with Crippen LogP contribution in [-0.2, 0) is 14.1 Å². The normalized spacial score (nSPS) is 10.2. The van der Waals surface area contributed by atoms with Crippen LogP contribution in [0.25, 0.3) is 11.4 Å². The molecule has 33 heavy (non-hydrogen) atoms. The molecule has 12 heteroatoms. The van der Waals surface area contributed by atoms with Crippen molar-refractivity contribution in [3.63, 3.8) is 0 Å². The summed E-state index contributed by atoms with van der Waals surface area (Å²) < 4.78 is 8.77. The van der Waals surface area contributed by atoms with E-state index in [1.807, 2.05) is 19.9 Å². The largest absolute Gasteiger partial charge is 0.494 e. The number of aromatic carboxylic acids is 1. The van der Waals surface area contributed by atoms with Crippen molar-refractivity contribution in [1.29, 1.82) is 0 Å². The van der Waals surface area contributed by atoms with E-state index in [2.05, 4.69) is 35.8 Å². The molecule has 12 nitrogen and oxygen atoms in total. The van der Waals surface area contributed by atoms with Crippen molar-refractivity contribution in [3.05, 3.63) is 48.5 Å². The summed E-state index contributed by atoms with van der Waals surface area (Å²) >= 11 is 0. The molecule has 0 atom stereocenters. The number of hydrogen-bond donors (Lipinski definition) is 3. The summed E-state index contributed by atoms with van der Waals surface area (Å²) in [5.74, 6) is 0.549. The van der Waals surface area contributed by atoms with Crippen LogP contribution in [-0.4, -0.2) is 52.7 Å². The smallest absolute Gasteiger partial charge is 0.341 e. The van der Waals surface area contributed by atoms with Crippen molar-refractivity contribution >= 4 is 29.2 Å². The van der Waals surface area contributed by atoms with Gasteiger partial charge in [-0.2, -0.15) is 15.2 Å². The van der Waals surface area contributed by atoms with Gasteiger partial charge in [-0.05, 0) is 12.1 Å². The van der Waals surface area contributed by atoms with Crippen LogP contribution >= 0.6 is 0 Å². The van der Waals surface area contributed by atoms with Crippen LogP contribution in [0.15, 0.2) is 43.0 Å². The van der Waals surface area contributed by atoms with E-state index in [0.29, 0.717) is 28.6 Å². The van der Waals surface area contributed by atoms with Crippen molar-refractivity contribution in [2.24, 2.45) is 14.1 Å². The number of carboxylic acids is 1. The summed E-state index contributed by atoms with van der Waals surface area (Å²) in [7, 11) is 5.06. The van der Waals surface area contributed by atoms with Gasteiger partial charge in [0, 0.05) is 32.6 Å². The molecule has 0 spiro atoms. The number of rotatable bonds is 7. The Hall–Kier alpha value is -4.48. The van der Waals surface area contributed by atoms with Gasteiger partial charge in [-0.25, -0.2) is 14.8 Å². The Morgan fingerprint density at radius 3 is 2.45 bits per heavy atom. The number of anilines is 4. The lowest BCUT2D eigenvalue weighted by atomic mass is 10.1. The number of aryl methyl sites for hydroxylation is 2. The van der Waals surface area contributed by atoms with Crippen molar-refractivity contribution in [2.75, 3.05) is 17.7 Å². The molecular formula is C21H25N9O3. The third kappa shape index (κ3) is 5.23. The molecule has 0 saturated heterocycles. The summed E-state index contributed by atoms with van der Waals surface area (Å²) in [5.41, 5.74) is 1.04. The highest BCUT2D eigenvalue weighted by Gasteiger charge is 2.19. The molecule has 3 N–H and O–H groups in total. The van der Waals surface area contributed by atoms with E-state index in [0.717, 1.165) is 0 Å².